The van der Waals surface area contributed by atoms with Crippen LogP contribution in [0.3, 0.4) is 0 Å². The fourth-order valence-electron chi connectivity index (χ4n) is 4.36. The number of carbonyl (C=O) groups is 1. The first kappa shape index (κ1) is 25.7. The Morgan fingerprint density at radius 2 is 1.94 bits per heavy atom. The van der Waals surface area contributed by atoms with Crippen molar-refractivity contribution in [2.75, 3.05) is 13.1 Å². The van der Waals surface area contributed by atoms with Crippen molar-refractivity contribution in [2.24, 2.45) is 5.73 Å². The molecule has 0 saturated carbocycles. The van der Waals surface area contributed by atoms with E-state index in [-0.39, 0.29) is 35.0 Å². The number of nitrogens with one attached hydrogen (secondary N) is 1. The molecule has 1 aromatic heterocycles. The summed E-state index contributed by atoms with van der Waals surface area (Å²) in [5, 5.41) is 0.946. The number of hydrogen-bond acceptors (Lipinski definition) is 4. The molecule has 1 aliphatic rings. The smallest absolute Gasteiger partial charge is 0.410 e. The number of benzene rings is 1. The molecule has 2 heterocycles. The van der Waals surface area contributed by atoms with Gasteiger partial charge in [-0.2, -0.15) is 0 Å². The molecule has 1 aliphatic heterocycles. The molecule has 0 spiro atoms. The van der Waals surface area contributed by atoms with Crippen molar-refractivity contribution in [1.29, 1.82) is 0 Å². The summed E-state index contributed by atoms with van der Waals surface area (Å²) in [4.78, 5) is 18.2. The van der Waals surface area contributed by atoms with Gasteiger partial charge in [0.25, 0.3) is 0 Å². The Labute approximate surface area is 198 Å². The van der Waals surface area contributed by atoms with Crippen LogP contribution in [0.1, 0.15) is 59.4 Å². The van der Waals surface area contributed by atoms with Crippen molar-refractivity contribution >= 4 is 25.3 Å². The van der Waals surface area contributed by atoms with Crippen molar-refractivity contribution < 1.29 is 18.3 Å². The van der Waals surface area contributed by atoms with Crippen molar-refractivity contribution in [3.8, 4) is 0 Å². The number of fused-ring (bicyclic) bond motifs is 1. The van der Waals surface area contributed by atoms with Gasteiger partial charge in [-0.05, 0) is 69.1 Å². The van der Waals surface area contributed by atoms with Crippen LogP contribution < -0.4 is 5.73 Å². The molecular formula is C25H40FN3O3Si. The summed E-state index contributed by atoms with van der Waals surface area (Å²) in [5.41, 5.74) is 7.44. The molecule has 6 nitrogen and oxygen atoms in total. The van der Waals surface area contributed by atoms with Crippen molar-refractivity contribution in [3.63, 3.8) is 0 Å². The maximum absolute atomic E-state index is 13.8. The molecule has 33 heavy (non-hydrogen) atoms. The number of rotatable bonds is 5. The molecule has 2 aromatic rings. The first-order valence-corrected chi connectivity index (χ1v) is 14.7. The Morgan fingerprint density at radius 1 is 1.27 bits per heavy atom. The number of nitrogens with zero attached hydrogens (tertiary/aromatic N) is 1. The van der Waals surface area contributed by atoms with E-state index >= 15 is 0 Å². The van der Waals surface area contributed by atoms with Gasteiger partial charge in [0.15, 0.2) is 8.32 Å². The van der Waals surface area contributed by atoms with E-state index < -0.39 is 13.9 Å². The van der Waals surface area contributed by atoms with Crippen molar-refractivity contribution in [1.82, 2.24) is 9.88 Å². The molecule has 1 amide bonds. The van der Waals surface area contributed by atoms with E-state index in [4.69, 9.17) is 14.9 Å². The van der Waals surface area contributed by atoms with Gasteiger partial charge in [-0.15, -0.1) is 0 Å². The summed E-state index contributed by atoms with van der Waals surface area (Å²) in [5.74, 6) is -0.482. The van der Waals surface area contributed by atoms with Gasteiger partial charge < -0.3 is 24.8 Å². The predicted molar refractivity (Wildman–Crippen MR) is 133 cm³/mol. The zero-order valence-electron chi connectivity index (χ0n) is 21.3. The number of carbonyl (C=O) groups excluding carboxylic acids is 1. The third kappa shape index (κ3) is 5.44. The minimum atomic E-state index is -2.10. The summed E-state index contributed by atoms with van der Waals surface area (Å²) in [6.45, 7) is 17.6. The Bertz CT molecular complexity index is 993. The third-order valence-electron chi connectivity index (χ3n) is 7.02. The van der Waals surface area contributed by atoms with Crippen LogP contribution in [0.5, 0.6) is 0 Å². The van der Waals surface area contributed by atoms with Gasteiger partial charge in [-0.25, -0.2) is 9.18 Å². The Hall–Kier alpha value is -1.90. The number of hydrogen-bond donors (Lipinski definition) is 2. The van der Waals surface area contributed by atoms with E-state index in [0.717, 1.165) is 17.4 Å². The highest BCUT2D eigenvalue weighted by molar-refractivity contribution is 6.74. The average molecular weight is 478 g/mol. The first-order valence-electron chi connectivity index (χ1n) is 11.8. The van der Waals surface area contributed by atoms with Gasteiger partial charge in [0, 0.05) is 36.1 Å². The monoisotopic (exact) mass is 477 g/mol. The number of likely N-dealkylation sites (tertiary alicyclic amines) is 1. The van der Waals surface area contributed by atoms with Gasteiger partial charge in [0.05, 0.1) is 12.1 Å². The zero-order valence-corrected chi connectivity index (χ0v) is 22.3. The van der Waals surface area contributed by atoms with Gasteiger partial charge in [0.2, 0.25) is 0 Å². The topological polar surface area (TPSA) is 80.6 Å². The minimum Gasteiger partial charge on any atom is -0.444 e. The number of ether oxygens (including phenoxy) is 1. The third-order valence-corrected chi connectivity index (χ3v) is 11.5. The molecule has 0 aliphatic carbocycles. The van der Waals surface area contributed by atoms with E-state index in [2.05, 4.69) is 38.8 Å². The number of H-pyrrole nitrogens is 1. The molecule has 1 saturated heterocycles. The summed E-state index contributed by atoms with van der Waals surface area (Å²) in [6, 6.07) is 4.44. The molecule has 1 aromatic carbocycles. The summed E-state index contributed by atoms with van der Waals surface area (Å²) in [7, 11) is -2.10. The number of halogens is 1. The van der Waals surface area contributed by atoms with E-state index in [0.29, 0.717) is 18.6 Å². The van der Waals surface area contributed by atoms with Crippen LogP contribution in [-0.4, -0.2) is 55.1 Å². The van der Waals surface area contributed by atoms with Crippen LogP contribution in [0.4, 0.5) is 9.18 Å². The molecule has 1 fully saturated rings. The second-order valence-electron chi connectivity index (χ2n) is 11.6. The predicted octanol–water partition coefficient (Wildman–Crippen LogP) is 5.75. The summed E-state index contributed by atoms with van der Waals surface area (Å²) >= 11 is 0. The van der Waals surface area contributed by atoms with Gasteiger partial charge in [-0.3, -0.25) is 0 Å². The number of aromatic nitrogens is 1. The molecule has 0 unspecified atom stereocenters. The standard InChI is InChI=1S/C25H40FN3O3Si/c1-24(2,3)31-23(30)29-12-11-21(32-33(7,8)25(4,5)6)22(29)18(14-27)19-15-28-20-13-16(26)9-10-17(19)20/h9-10,13,15,18,21-22,28H,11-12,14,27H2,1-8H3/t18-,21+,22-/m1/s1. The second-order valence-corrected chi connectivity index (χ2v) is 16.4. The van der Waals surface area contributed by atoms with E-state index in [1.165, 1.54) is 12.1 Å². The van der Waals surface area contributed by atoms with Crippen LogP contribution >= 0.6 is 0 Å². The van der Waals surface area contributed by atoms with Crippen LogP contribution in [0.25, 0.3) is 10.9 Å². The van der Waals surface area contributed by atoms with E-state index in [1.807, 2.05) is 27.0 Å². The lowest BCUT2D eigenvalue weighted by atomic mass is 9.88. The highest BCUT2D eigenvalue weighted by Crippen LogP contribution is 2.42. The van der Waals surface area contributed by atoms with E-state index in [9.17, 15) is 9.18 Å². The fraction of sp³-hybridized carbons (Fsp3) is 0.640. The average Bonchev–Trinajstić information content (AvgIpc) is 3.25. The van der Waals surface area contributed by atoms with Gasteiger partial charge in [-0.1, -0.05) is 20.8 Å². The van der Waals surface area contributed by atoms with Gasteiger partial charge >= 0.3 is 6.09 Å². The van der Waals surface area contributed by atoms with Gasteiger partial charge in [0.1, 0.15) is 11.4 Å². The Kier molecular flexibility index (Phi) is 7.04. The number of amides is 1. The highest BCUT2D eigenvalue weighted by Gasteiger charge is 2.48. The normalized spacial score (nSPS) is 21.0. The maximum atomic E-state index is 13.8. The molecular weight excluding hydrogens is 437 g/mol. The molecule has 3 N–H and O–H groups in total. The lowest BCUT2D eigenvalue weighted by molar-refractivity contribution is 0.0132. The quantitative estimate of drug-likeness (QED) is 0.537. The Balaban J connectivity index is 2.04. The summed E-state index contributed by atoms with van der Waals surface area (Å²) < 4.78 is 26.4. The van der Waals surface area contributed by atoms with Crippen LogP contribution in [0, 0.1) is 5.82 Å². The molecule has 3 rings (SSSR count). The first-order chi connectivity index (χ1) is 15.1. The number of aromatic amines is 1. The highest BCUT2D eigenvalue weighted by atomic mass is 28.4. The van der Waals surface area contributed by atoms with Crippen LogP contribution in [0.2, 0.25) is 18.1 Å². The largest absolute Gasteiger partial charge is 0.444 e. The summed E-state index contributed by atoms with van der Waals surface area (Å²) in [6.07, 6.45) is 2.11. The SMILES string of the molecule is CC(C)(C)OC(=O)N1CC[C@H](O[Si](C)(C)C(C)(C)C)[C@H]1[C@H](CN)c1c[nH]c2cc(F)ccc12. The zero-order chi connectivity index (χ0) is 24.8. The fourth-order valence-corrected chi connectivity index (χ4v) is 5.73. The van der Waals surface area contributed by atoms with Crippen molar-refractivity contribution in [3.05, 3.63) is 35.8 Å². The lowest BCUT2D eigenvalue weighted by Crippen LogP contribution is -2.52. The Morgan fingerprint density at radius 3 is 2.52 bits per heavy atom. The number of nitrogens with two attached hydrogens (primary N) is 1. The molecule has 0 bridgehead atoms. The molecule has 0 radical (unpaired) electrons. The van der Waals surface area contributed by atoms with Crippen molar-refractivity contribution in [2.45, 2.75) is 89.8 Å². The minimum absolute atomic E-state index is 0.0351. The molecule has 3 atom stereocenters. The lowest BCUT2D eigenvalue weighted by Gasteiger charge is -2.42. The second kappa shape index (κ2) is 9.04. The van der Waals surface area contributed by atoms with Crippen LogP contribution in [-0.2, 0) is 9.16 Å². The van der Waals surface area contributed by atoms with Crippen LogP contribution in [0.15, 0.2) is 24.4 Å². The van der Waals surface area contributed by atoms with E-state index in [1.54, 1.807) is 11.0 Å². The molecule has 184 valence electrons. The maximum Gasteiger partial charge on any atom is 0.410 e. The molecule has 8 heteroatoms.